The van der Waals surface area contributed by atoms with Gasteiger partial charge in [0, 0.05) is 11.7 Å². The number of nitrogens with one attached hydrogen (secondary N) is 1. The number of H-pyrrole nitrogens is 1. The van der Waals surface area contributed by atoms with Crippen LogP contribution >= 0.6 is 11.8 Å². The molecule has 1 fully saturated rings. The van der Waals surface area contributed by atoms with Crippen LogP contribution in [-0.4, -0.2) is 25.0 Å². The van der Waals surface area contributed by atoms with E-state index in [1.54, 1.807) is 0 Å². The van der Waals surface area contributed by atoms with Gasteiger partial charge < -0.3 is 0 Å². The number of aromatic amines is 1. The topological polar surface area (TPSA) is 83.2 Å². The molecule has 0 unspecified atom stereocenters. The SMILES string of the molecule is Cc1nn(-c2ccccc2)c(CSc2n[nH]c(C3CCCC3)n2)c1C#N. The van der Waals surface area contributed by atoms with Gasteiger partial charge >= 0.3 is 0 Å². The maximum atomic E-state index is 9.55. The highest BCUT2D eigenvalue weighted by molar-refractivity contribution is 7.98. The molecular weight excluding hydrogens is 344 g/mol. The number of hydrogen-bond donors (Lipinski definition) is 1. The molecule has 0 aliphatic heterocycles. The van der Waals surface area contributed by atoms with Gasteiger partial charge in [-0.1, -0.05) is 42.8 Å². The third kappa shape index (κ3) is 3.25. The first-order valence-corrected chi connectivity index (χ1v) is 9.84. The van der Waals surface area contributed by atoms with Crippen LogP contribution in [0.2, 0.25) is 0 Å². The van der Waals surface area contributed by atoms with Crippen molar-refractivity contribution in [2.24, 2.45) is 0 Å². The van der Waals surface area contributed by atoms with Gasteiger partial charge in [-0.2, -0.15) is 10.4 Å². The van der Waals surface area contributed by atoms with E-state index in [-0.39, 0.29) is 0 Å². The summed E-state index contributed by atoms with van der Waals surface area (Å²) in [6, 6.07) is 12.2. The molecule has 26 heavy (non-hydrogen) atoms. The average Bonchev–Trinajstić information content (AvgIpc) is 3.40. The van der Waals surface area contributed by atoms with E-state index in [0.29, 0.717) is 17.2 Å². The average molecular weight is 364 g/mol. The van der Waals surface area contributed by atoms with Gasteiger partial charge in [-0.3, -0.25) is 5.10 Å². The third-order valence-corrected chi connectivity index (χ3v) is 5.69. The van der Waals surface area contributed by atoms with E-state index in [1.165, 1.54) is 37.4 Å². The van der Waals surface area contributed by atoms with Crippen LogP contribution in [0.1, 0.15) is 54.4 Å². The second kappa shape index (κ2) is 7.34. The van der Waals surface area contributed by atoms with Crippen molar-refractivity contribution < 1.29 is 0 Å². The lowest BCUT2D eigenvalue weighted by Gasteiger charge is -2.06. The van der Waals surface area contributed by atoms with Gasteiger partial charge in [-0.15, -0.1) is 5.10 Å². The molecule has 2 heterocycles. The Labute approximate surface area is 156 Å². The lowest BCUT2D eigenvalue weighted by atomic mass is 10.1. The normalized spacial score (nSPS) is 14.6. The number of aromatic nitrogens is 5. The second-order valence-electron chi connectivity index (χ2n) is 6.54. The fourth-order valence-corrected chi connectivity index (χ4v) is 4.28. The van der Waals surface area contributed by atoms with Crippen LogP contribution < -0.4 is 0 Å². The van der Waals surface area contributed by atoms with Gasteiger partial charge in [-0.25, -0.2) is 9.67 Å². The zero-order valence-corrected chi connectivity index (χ0v) is 15.5. The molecule has 2 aromatic heterocycles. The molecule has 0 radical (unpaired) electrons. The molecule has 0 atom stereocenters. The first-order valence-electron chi connectivity index (χ1n) is 8.85. The van der Waals surface area contributed by atoms with Crippen LogP contribution in [0.3, 0.4) is 0 Å². The summed E-state index contributed by atoms with van der Waals surface area (Å²) in [6.45, 7) is 1.87. The van der Waals surface area contributed by atoms with Gasteiger partial charge in [0.15, 0.2) is 0 Å². The largest absolute Gasteiger partial charge is 0.262 e. The maximum Gasteiger partial charge on any atom is 0.208 e. The monoisotopic (exact) mass is 364 g/mol. The minimum atomic E-state index is 0.517. The smallest absolute Gasteiger partial charge is 0.208 e. The molecule has 0 spiro atoms. The molecule has 132 valence electrons. The van der Waals surface area contributed by atoms with Crippen LogP contribution in [0.4, 0.5) is 0 Å². The molecule has 4 rings (SSSR count). The van der Waals surface area contributed by atoms with Crippen LogP contribution in [0, 0.1) is 18.3 Å². The van der Waals surface area contributed by atoms with Crippen molar-refractivity contribution in [3.8, 4) is 11.8 Å². The number of hydrogen-bond acceptors (Lipinski definition) is 5. The highest BCUT2D eigenvalue weighted by Crippen LogP contribution is 2.33. The van der Waals surface area contributed by atoms with Crippen molar-refractivity contribution >= 4 is 11.8 Å². The number of para-hydroxylation sites is 1. The number of rotatable bonds is 5. The summed E-state index contributed by atoms with van der Waals surface area (Å²) >= 11 is 1.54. The Morgan fingerprint density at radius 2 is 2.04 bits per heavy atom. The fraction of sp³-hybridized carbons (Fsp3) is 0.368. The lowest BCUT2D eigenvalue weighted by molar-refractivity contribution is 0.671. The summed E-state index contributed by atoms with van der Waals surface area (Å²) in [6.07, 6.45) is 4.93. The highest BCUT2D eigenvalue weighted by atomic mass is 32.2. The maximum absolute atomic E-state index is 9.55. The molecule has 1 aromatic carbocycles. The third-order valence-electron chi connectivity index (χ3n) is 4.83. The molecule has 1 N–H and O–H groups in total. The van der Waals surface area contributed by atoms with Crippen LogP contribution in [0.25, 0.3) is 5.69 Å². The van der Waals surface area contributed by atoms with E-state index in [4.69, 9.17) is 0 Å². The molecule has 1 aliphatic rings. The molecule has 7 heteroatoms. The Balaban J connectivity index is 1.57. The van der Waals surface area contributed by atoms with Crippen LogP contribution in [-0.2, 0) is 5.75 Å². The van der Waals surface area contributed by atoms with E-state index >= 15 is 0 Å². The van der Waals surface area contributed by atoms with Gasteiger partial charge in [0.05, 0.1) is 22.6 Å². The van der Waals surface area contributed by atoms with E-state index in [2.05, 4.69) is 26.3 Å². The predicted molar refractivity (Wildman–Crippen MR) is 100 cm³/mol. The van der Waals surface area contributed by atoms with Crippen molar-refractivity contribution in [3.63, 3.8) is 0 Å². The summed E-state index contributed by atoms with van der Waals surface area (Å²) in [5.41, 5.74) is 3.21. The highest BCUT2D eigenvalue weighted by Gasteiger charge is 2.21. The first kappa shape index (κ1) is 16.9. The number of thioether (sulfide) groups is 1. The summed E-state index contributed by atoms with van der Waals surface area (Å²) in [7, 11) is 0. The molecule has 6 nitrogen and oxygen atoms in total. The van der Waals surface area contributed by atoms with Crippen molar-refractivity contribution in [2.45, 2.75) is 49.4 Å². The molecule has 3 aromatic rings. The zero-order valence-electron chi connectivity index (χ0n) is 14.6. The number of benzene rings is 1. The van der Waals surface area contributed by atoms with Crippen LogP contribution in [0.5, 0.6) is 0 Å². The van der Waals surface area contributed by atoms with Gasteiger partial charge in [0.2, 0.25) is 5.16 Å². The van der Waals surface area contributed by atoms with E-state index in [0.717, 1.165) is 28.1 Å². The quantitative estimate of drug-likeness (QED) is 0.689. The molecule has 1 aliphatic carbocycles. The van der Waals surface area contributed by atoms with E-state index in [9.17, 15) is 5.26 Å². The first-order chi connectivity index (χ1) is 12.8. The van der Waals surface area contributed by atoms with E-state index in [1.807, 2.05) is 41.9 Å². The molecule has 1 saturated carbocycles. The van der Waals surface area contributed by atoms with Crippen molar-refractivity contribution in [2.75, 3.05) is 0 Å². The lowest BCUT2D eigenvalue weighted by Crippen LogP contribution is -2.02. The standard InChI is InChI=1S/C19H20N6S/c1-13-16(11-20)17(25(24-13)15-9-3-2-4-10-15)12-26-19-21-18(22-23-19)14-7-5-6-8-14/h2-4,9-10,14H,5-8,12H2,1H3,(H,21,22,23). The Hall–Kier alpha value is -2.59. The summed E-state index contributed by atoms with van der Waals surface area (Å²) < 4.78 is 1.85. The summed E-state index contributed by atoms with van der Waals surface area (Å²) in [5.74, 6) is 2.11. The molecule has 0 saturated heterocycles. The molecular formula is C19H20N6S. The number of aryl methyl sites for hydroxylation is 1. The summed E-state index contributed by atoms with van der Waals surface area (Å²) in [5, 5.41) is 22.3. The van der Waals surface area contributed by atoms with Gasteiger partial charge in [0.25, 0.3) is 0 Å². The Morgan fingerprint density at radius 3 is 2.77 bits per heavy atom. The predicted octanol–water partition coefficient (Wildman–Crippen LogP) is 4.12. The van der Waals surface area contributed by atoms with E-state index < -0.39 is 0 Å². The zero-order chi connectivity index (χ0) is 17.9. The van der Waals surface area contributed by atoms with Gasteiger partial charge in [0.1, 0.15) is 11.9 Å². The minimum Gasteiger partial charge on any atom is -0.262 e. The number of nitrogens with zero attached hydrogens (tertiary/aromatic N) is 5. The molecule has 0 amide bonds. The van der Waals surface area contributed by atoms with Crippen molar-refractivity contribution in [3.05, 3.63) is 53.1 Å². The summed E-state index contributed by atoms with van der Waals surface area (Å²) in [4.78, 5) is 4.66. The van der Waals surface area contributed by atoms with Crippen molar-refractivity contribution in [1.29, 1.82) is 5.26 Å². The Morgan fingerprint density at radius 1 is 1.27 bits per heavy atom. The molecule has 0 bridgehead atoms. The number of nitriles is 1. The fourth-order valence-electron chi connectivity index (χ4n) is 3.47. The van der Waals surface area contributed by atoms with Gasteiger partial charge in [-0.05, 0) is 31.9 Å². The Kier molecular flexibility index (Phi) is 4.76. The Bertz CT molecular complexity index is 931. The van der Waals surface area contributed by atoms with Crippen molar-refractivity contribution in [1.82, 2.24) is 25.0 Å². The minimum absolute atomic E-state index is 0.517. The van der Waals surface area contributed by atoms with Crippen LogP contribution in [0.15, 0.2) is 35.5 Å². The second-order valence-corrected chi connectivity index (χ2v) is 7.48.